The van der Waals surface area contributed by atoms with Crippen molar-refractivity contribution in [3.05, 3.63) is 67.7 Å². The molecule has 0 radical (unpaired) electrons. The standard InChI is InChI=1S/C14H12Cl2N2O3/c15-11-2-1-3-13(18(19)20)10(11)8-21-14-5-4-9(7-17)6-12(14)16/h1-6H,7-8,17H2. The molecule has 21 heavy (non-hydrogen) atoms. The van der Waals surface area contributed by atoms with Crippen molar-refractivity contribution in [1.29, 1.82) is 0 Å². The van der Waals surface area contributed by atoms with Gasteiger partial charge in [-0.1, -0.05) is 35.3 Å². The van der Waals surface area contributed by atoms with Gasteiger partial charge in [-0.05, 0) is 23.8 Å². The van der Waals surface area contributed by atoms with Gasteiger partial charge in [-0.25, -0.2) is 0 Å². The maximum atomic E-state index is 11.0. The number of rotatable bonds is 5. The van der Waals surface area contributed by atoms with Crippen LogP contribution in [-0.2, 0) is 13.2 Å². The lowest BCUT2D eigenvalue weighted by molar-refractivity contribution is -0.385. The predicted molar refractivity (Wildman–Crippen MR) is 81.8 cm³/mol. The smallest absolute Gasteiger partial charge is 0.277 e. The van der Waals surface area contributed by atoms with Crippen LogP contribution in [0.3, 0.4) is 0 Å². The Balaban J connectivity index is 2.22. The molecule has 0 heterocycles. The number of nitrogens with two attached hydrogens (primary N) is 1. The van der Waals surface area contributed by atoms with Gasteiger partial charge in [0.25, 0.3) is 5.69 Å². The third-order valence-corrected chi connectivity index (χ3v) is 3.54. The summed E-state index contributed by atoms with van der Waals surface area (Å²) in [7, 11) is 0. The molecular weight excluding hydrogens is 315 g/mol. The third-order valence-electron chi connectivity index (χ3n) is 2.89. The van der Waals surface area contributed by atoms with Crippen LogP contribution in [0, 0.1) is 10.1 Å². The molecule has 2 rings (SSSR count). The first-order chi connectivity index (χ1) is 10.0. The quantitative estimate of drug-likeness (QED) is 0.666. The molecule has 2 aromatic rings. The molecule has 0 saturated heterocycles. The average Bonchev–Trinajstić information content (AvgIpc) is 2.46. The van der Waals surface area contributed by atoms with Gasteiger partial charge in [0.05, 0.1) is 20.5 Å². The highest BCUT2D eigenvalue weighted by Crippen LogP contribution is 2.30. The zero-order valence-corrected chi connectivity index (χ0v) is 12.4. The first kappa shape index (κ1) is 15.6. The van der Waals surface area contributed by atoms with E-state index in [1.807, 2.05) is 0 Å². The van der Waals surface area contributed by atoms with Crippen molar-refractivity contribution in [1.82, 2.24) is 0 Å². The Labute approximate surface area is 131 Å². The van der Waals surface area contributed by atoms with Crippen LogP contribution in [0.2, 0.25) is 10.0 Å². The number of halogens is 2. The molecule has 0 atom stereocenters. The SMILES string of the molecule is NCc1ccc(OCc2c(Cl)cccc2[N+](=O)[O-])c(Cl)c1. The van der Waals surface area contributed by atoms with Crippen LogP contribution in [0.1, 0.15) is 11.1 Å². The van der Waals surface area contributed by atoms with Gasteiger partial charge in [0, 0.05) is 12.6 Å². The molecule has 0 unspecified atom stereocenters. The number of benzene rings is 2. The van der Waals surface area contributed by atoms with Gasteiger partial charge < -0.3 is 10.5 Å². The fraction of sp³-hybridized carbons (Fsp3) is 0.143. The van der Waals surface area contributed by atoms with Crippen molar-refractivity contribution in [2.24, 2.45) is 5.73 Å². The van der Waals surface area contributed by atoms with E-state index in [-0.39, 0.29) is 17.3 Å². The third kappa shape index (κ3) is 3.64. The lowest BCUT2D eigenvalue weighted by atomic mass is 10.2. The normalized spacial score (nSPS) is 10.4. The summed E-state index contributed by atoms with van der Waals surface area (Å²) in [6.45, 7) is 0.327. The van der Waals surface area contributed by atoms with Crippen LogP contribution >= 0.6 is 23.2 Å². The van der Waals surface area contributed by atoms with Crippen molar-refractivity contribution < 1.29 is 9.66 Å². The minimum absolute atomic E-state index is 0.0440. The molecule has 2 aromatic carbocycles. The second kappa shape index (κ2) is 6.76. The molecule has 0 spiro atoms. The zero-order chi connectivity index (χ0) is 15.4. The maximum absolute atomic E-state index is 11.0. The summed E-state index contributed by atoms with van der Waals surface area (Å²) in [6, 6.07) is 9.62. The molecule has 0 saturated carbocycles. The molecule has 0 bridgehead atoms. The number of nitro benzene ring substituents is 1. The lowest BCUT2D eigenvalue weighted by Gasteiger charge is -2.10. The van der Waals surface area contributed by atoms with Crippen molar-refractivity contribution in [2.75, 3.05) is 0 Å². The van der Waals surface area contributed by atoms with E-state index >= 15 is 0 Å². The van der Waals surface area contributed by atoms with Crippen LogP contribution in [0.15, 0.2) is 36.4 Å². The number of nitrogens with zero attached hydrogens (tertiary/aromatic N) is 1. The Morgan fingerprint density at radius 2 is 1.95 bits per heavy atom. The molecule has 0 aliphatic heterocycles. The molecule has 0 aliphatic rings. The molecule has 2 N–H and O–H groups in total. The van der Waals surface area contributed by atoms with Crippen LogP contribution in [-0.4, -0.2) is 4.92 Å². The summed E-state index contributed by atoms with van der Waals surface area (Å²) in [5, 5.41) is 11.7. The van der Waals surface area contributed by atoms with E-state index in [0.29, 0.717) is 22.9 Å². The van der Waals surface area contributed by atoms with Gasteiger partial charge in [0.1, 0.15) is 12.4 Å². The molecule has 0 aromatic heterocycles. The van der Waals surface area contributed by atoms with Gasteiger partial charge in [0.15, 0.2) is 0 Å². The average molecular weight is 327 g/mol. The monoisotopic (exact) mass is 326 g/mol. The van der Waals surface area contributed by atoms with E-state index < -0.39 is 4.92 Å². The minimum atomic E-state index is -0.496. The lowest BCUT2D eigenvalue weighted by Crippen LogP contribution is -2.02. The van der Waals surface area contributed by atoms with Crippen molar-refractivity contribution in [3.63, 3.8) is 0 Å². The van der Waals surface area contributed by atoms with E-state index in [9.17, 15) is 10.1 Å². The molecular formula is C14H12Cl2N2O3. The Hall–Kier alpha value is -1.82. The summed E-state index contributed by atoms with van der Waals surface area (Å²) in [6.07, 6.45) is 0. The molecule has 110 valence electrons. The van der Waals surface area contributed by atoms with E-state index in [0.717, 1.165) is 5.56 Å². The topological polar surface area (TPSA) is 78.4 Å². The minimum Gasteiger partial charge on any atom is -0.487 e. The van der Waals surface area contributed by atoms with E-state index in [4.69, 9.17) is 33.7 Å². The Bertz CT molecular complexity index is 677. The van der Waals surface area contributed by atoms with Gasteiger partial charge in [0.2, 0.25) is 0 Å². The highest BCUT2D eigenvalue weighted by atomic mass is 35.5. The Kier molecular flexibility index (Phi) is 5.01. The first-order valence-electron chi connectivity index (χ1n) is 6.06. The molecule has 7 heteroatoms. The van der Waals surface area contributed by atoms with Crippen molar-refractivity contribution in [3.8, 4) is 5.75 Å². The highest BCUT2D eigenvalue weighted by molar-refractivity contribution is 6.32. The number of hydrogen-bond donors (Lipinski definition) is 1. The van der Waals surface area contributed by atoms with Crippen LogP contribution in [0.25, 0.3) is 0 Å². The second-order valence-electron chi connectivity index (χ2n) is 4.25. The van der Waals surface area contributed by atoms with E-state index in [1.54, 1.807) is 24.3 Å². The number of hydrogen-bond acceptors (Lipinski definition) is 4. The fourth-order valence-electron chi connectivity index (χ4n) is 1.80. The van der Waals surface area contributed by atoms with Gasteiger partial charge in [-0.3, -0.25) is 10.1 Å². The summed E-state index contributed by atoms with van der Waals surface area (Å²) < 4.78 is 5.53. The maximum Gasteiger partial charge on any atom is 0.277 e. The van der Waals surface area contributed by atoms with Crippen LogP contribution in [0.5, 0.6) is 5.75 Å². The predicted octanol–water partition coefficient (Wildman–Crippen LogP) is 3.94. The largest absolute Gasteiger partial charge is 0.487 e. The highest BCUT2D eigenvalue weighted by Gasteiger charge is 2.17. The molecule has 0 aliphatic carbocycles. The van der Waals surface area contributed by atoms with Gasteiger partial charge >= 0.3 is 0 Å². The summed E-state index contributed by atoms with van der Waals surface area (Å²) >= 11 is 12.1. The molecule has 0 fully saturated rings. The van der Waals surface area contributed by atoms with Crippen LogP contribution in [0.4, 0.5) is 5.69 Å². The Morgan fingerprint density at radius 1 is 1.19 bits per heavy atom. The molecule has 0 amide bonds. The van der Waals surface area contributed by atoms with E-state index in [2.05, 4.69) is 0 Å². The van der Waals surface area contributed by atoms with Crippen molar-refractivity contribution in [2.45, 2.75) is 13.2 Å². The summed E-state index contributed by atoms with van der Waals surface area (Å²) in [5.41, 5.74) is 6.61. The second-order valence-corrected chi connectivity index (χ2v) is 5.07. The van der Waals surface area contributed by atoms with E-state index in [1.165, 1.54) is 12.1 Å². The Morgan fingerprint density at radius 3 is 2.57 bits per heavy atom. The van der Waals surface area contributed by atoms with Gasteiger partial charge in [-0.15, -0.1) is 0 Å². The zero-order valence-electron chi connectivity index (χ0n) is 10.9. The number of ether oxygens (including phenoxy) is 1. The van der Waals surface area contributed by atoms with Crippen molar-refractivity contribution >= 4 is 28.9 Å². The summed E-state index contributed by atoms with van der Waals surface area (Å²) in [4.78, 5) is 10.5. The van der Waals surface area contributed by atoms with Crippen LogP contribution < -0.4 is 10.5 Å². The fourth-order valence-corrected chi connectivity index (χ4v) is 2.28. The first-order valence-corrected chi connectivity index (χ1v) is 6.81. The summed E-state index contributed by atoms with van der Waals surface area (Å²) in [5.74, 6) is 0.420. The molecule has 5 nitrogen and oxygen atoms in total. The number of nitro groups is 1. The van der Waals surface area contributed by atoms with Gasteiger partial charge in [-0.2, -0.15) is 0 Å².